The number of aromatic nitrogens is 1. The fourth-order valence-electron chi connectivity index (χ4n) is 2.38. The van der Waals surface area contributed by atoms with Crippen LogP contribution in [0.5, 0.6) is 0 Å². The lowest BCUT2D eigenvalue weighted by molar-refractivity contribution is 0.432. The molecule has 1 fully saturated rings. The zero-order valence-electron chi connectivity index (χ0n) is 10.5. The molecule has 0 unspecified atom stereocenters. The summed E-state index contributed by atoms with van der Waals surface area (Å²) in [6.07, 6.45) is 1.83. The van der Waals surface area contributed by atoms with Gasteiger partial charge in [-0.25, -0.2) is 0 Å². The lowest BCUT2D eigenvalue weighted by Gasteiger charge is -2.28. The SMILES string of the molecule is Cc1ccccc1-c1oncc1N1CCNCC1. The third-order valence-corrected chi connectivity index (χ3v) is 3.40. The minimum Gasteiger partial charge on any atom is -0.365 e. The average Bonchev–Trinajstić information content (AvgIpc) is 2.89. The minimum absolute atomic E-state index is 0.884. The molecule has 4 heteroatoms. The molecular weight excluding hydrogens is 226 g/mol. The number of benzene rings is 1. The van der Waals surface area contributed by atoms with E-state index in [4.69, 9.17) is 4.52 Å². The molecule has 0 amide bonds. The van der Waals surface area contributed by atoms with E-state index in [2.05, 4.69) is 34.4 Å². The second kappa shape index (κ2) is 4.82. The van der Waals surface area contributed by atoms with E-state index in [1.54, 1.807) is 0 Å². The van der Waals surface area contributed by atoms with Crippen LogP contribution in [0.15, 0.2) is 35.0 Å². The van der Waals surface area contributed by atoms with Crippen LogP contribution in [0, 0.1) is 6.92 Å². The van der Waals surface area contributed by atoms with E-state index >= 15 is 0 Å². The van der Waals surface area contributed by atoms with Gasteiger partial charge < -0.3 is 14.7 Å². The second-order valence-corrected chi connectivity index (χ2v) is 4.59. The quantitative estimate of drug-likeness (QED) is 0.876. The number of nitrogens with one attached hydrogen (secondary N) is 1. The van der Waals surface area contributed by atoms with Gasteiger partial charge in [0.1, 0.15) is 5.69 Å². The summed E-state index contributed by atoms with van der Waals surface area (Å²) in [6.45, 7) is 6.12. The smallest absolute Gasteiger partial charge is 0.190 e. The van der Waals surface area contributed by atoms with Gasteiger partial charge in [0.15, 0.2) is 5.76 Å². The van der Waals surface area contributed by atoms with Gasteiger partial charge in [-0.1, -0.05) is 29.4 Å². The number of hydrogen-bond donors (Lipinski definition) is 1. The van der Waals surface area contributed by atoms with Crippen LogP contribution < -0.4 is 10.2 Å². The van der Waals surface area contributed by atoms with Gasteiger partial charge in [0.2, 0.25) is 0 Å². The minimum atomic E-state index is 0.884. The molecule has 3 rings (SSSR count). The van der Waals surface area contributed by atoms with E-state index in [0.717, 1.165) is 43.2 Å². The number of rotatable bonds is 2. The lowest BCUT2D eigenvalue weighted by Crippen LogP contribution is -2.43. The van der Waals surface area contributed by atoms with E-state index in [0.29, 0.717) is 0 Å². The molecule has 0 radical (unpaired) electrons. The van der Waals surface area contributed by atoms with Crippen LogP contribution in [0.3, 0.4) is 0 Å². The molecule has 4 nitrogen and oxygen atoms in total. The first-order valence-electron chi connectivity index (χ1n) is 6.32. The Morgan fingerprint density at radius 3 is 2.78 bits per heavy atom. The van der Waals surface area contributed by atoms with Crippen molar-refractivity contribution in [1.82, 2.24) is 10.5 Å². The van der Waals surface area contributed by atoms with Crippen molar-refractivity contribution in [3.8, 4) is 11.3 Å². The third-order valence-electron chi connectivity index (χ3n) is 3.40. The molecule has 0 atom stereocenters. The topological polar surface area (TPSA) is 41.3 Å². The molecule has 0 saturated carbocycles. The van der Waals surface area contributed by atoms with E-state index < -0.39 is 0 Å². The average molecular weight is 243 g/mol. The maximum Gasteiger partial charge on any atom is 0.190 e. The Morgan fingerprint density at radius 1 is 1.22 bits per heavy atom. The first-order chi connectivity index (χ1) is 8.86. The van der Waals surface area contributed by atoms with E-state index in [1.165, 1.54) is 5.56 Å². The fraction of sp³-hybridized carbons (Fsp3) is 0.357. The van der Waals surface area contributed by atoms with Crippen molar-refractivity contribution in [1.29, 1.82) is 0 Å². The molecule has 18 heavy (non-hydrogen) atoms. The molecular formula is C14H17N3O. The number of nitrogens with zero attached hydrogens (tertiary/aromatic N) is 2. The van der Waals surface area contributed by atoms with Crippen LogP contribution in [-0.2, 0) is 0 Å². The zero-order valence-corrected chi connectivity index (χ0v) is 10.5. The Kier molecular flexibility index (Phi) is 3.02. The Bertz CT molecular complexity index is 529. The summed E-state index contributed by atoms with van der Waals surface area (Å²) in [5.74, 6) is 0.884. The maximum absolute atomic E-state index is 5.47. The largest absolute Gasteiger partial charge is 0.365 e. The van der Waals surface area contributed by atoms with Crippen molar-refractivity contribution in [2.45, 2.75) is 6.92 Å². The summed E-state index contributed by atoms with van der Waals surface area (Å²) in [5.41, 5.74) is 3.44. The van der Waals surface area contributed by atoms with Gasteiger partial charge in [0.25, 0.3) is 0 Å². The van der Waals surface area contributed by atoms with Gasteiger partial charge in [-0.2, -0.15) is 0 Å². The highest BCUT2D eigenvalue weighted by molar-refractivity contribution is 5.75. The molecule has 1 N–H and O–H groups in total. The van der Waals surface area contributed by atoms with Gasteiger partial charge in [-0.05, 0) is 12.5 Å². The summed E-state index contributed by atoms with van der Waals surface area (Å²) in [7, 11) is 0. The monoisotopic (exact) mass is 243 g/mol. The van der Waals surface area contributed by atoms with Gasteiger partial charge in [0.05, 0.1) is 6.20 Å². The van der Waals surface area contributed by atoms with Crippen LogP contribution in [0.4, 0.5) is 5.69 Å². The first-order valence-corrected chi connectivity index (χ1v) is 6.32. The van der Waals surface area contributed by atoms with E-state index in [9.17, 15) is 0 Å². The number of hydrogen-bond acceptors (Lipinski definition) is 4. The van der Waals surface area contributed by atoms with Gasteiger partial charge >= 0.3 is 0 Å². The Hall–Kier alpha value is -1.81. The van der Waals surface area contributed by atoms with Crippen LogP contribution in [-0.4, -0.2) is 31.3 Å². The molecule has 94 valence electrons. The Labute approximate surface area is 107 Å². The highest BCUT2D eigenvalue weighted by Gasteiger charge is 2.19. The second-order valence-electron chi connectivity index (χ2n) is 4.59. The molecule has 1 aliphatic heterocycles. The standard InChI is InChI=1S/C14H17N3O/c1-11-4-2-3-5-12(11)14-13(10-16-18-14)17-8-6-15-7-9-17/h2-5,10,15H,6-9H2,1H3. The summed E-state index contributed by atoms with van der Waals surface area (Å²) >= 11 is 0. The van der Waals surface area contributed by atoms with Crippen LogP contribution in [0.2, 0.25) is 0 Å². The molecule has 0 bridgehead atoms. The molecule has 0 aliphatic carbocycles. The van der Waals surface area contributed by atoms with Crippen molar-refractivity contribution in [3.63, 3.8) is 0 Å². The predicted molar refractivity (Wildman–Crippen MR) is 71.8 cm³/mol. The van der Waals surface area contributed by atoms with Crippen LogP contribution >= 0.6 is 0 Å². The number of piperazine rings is 1. The fourth-order valence-corrected chi connectivity index (χ4v) is 2.38. The van der Waals surface area contributed by atoms with Gasteiger partial charge in [0, 0.05) is 31.7 Å². The molecule has 2 heterocycles. The molecule has 2 aromatic rings. The summed E-state index contributed by atoms with van der Waals surface area (Å²) in [5, 5.41) is 7.33. The Morgan fingerprint density at radius 2 is 2.00 bits per heavy atom. The highest BCUT2D eigenvalue weighted by atomic mass is 16.5. The van der Waals surface area contributed by atoms with Crippen molar-refractivity contribution < 1.29 is 4.52 Å². The number of aryl methyl sites for hydroxylation is 1. The predicted octanol–water partition coefficient (Wildman–Crippen LogP) is 2.06. The Balaban J connectivity index is 1.98. The van der Waals surface area contributed by atoms with Crippen molar-refractivity contribution in [2.75, 3.05) is 31.1 Å². The van der Waals surface area contributed by atoms with Crippen molar-refractivity contribution >= 4 is 5.69 Å². The molecule has 1 aromatic heterocycles. The summed E-state index contributed by atoms with van der Waals surface area (Å²) in [6, 6.07) is 8.26. The molecule has 1 aromatic carbocycles. The zero-order chi connectivity index (χ0) is 12.4. The van der Waals surface area contributed by atoms with Crippen molar-refractivity contribution in [2.24, 2.45) is 0 Å². The summed E-state index contributed by atoms with van der Waals surface area (Å²) in [4.78, 5) is 2.33. The van der Waals surface area contributed by atoms with Crippen LogP contribution in [0.25, 0.3) is 11.3 Å². The van der Waals surface area contributed by atoms with Crippen molar-refractivity contribution in [3.05, 3.63) is 36.0 Å². The lowest BCUT2D eigenvalue weighted by atomic mass is 10.1. The summed E-state index contributed by atoms with van der Waals surface area (Å²) < 4.78 is 5.47. The molecule has 1 aliphatic rings. The normalized spacial score (nSPS) is 15.9. The maximum atomic E-state index is 5.47. The van der Waals surface area contributed by atoms with E-state index in [1.807, 2.05) is 18.3 Å². The third kappa shape index (κ3) is 1.99. The number of anilines is 1. The highest BCUT2D eigenvalue weighted by Crippen LogP contribution is 2.32. The van der Waals surface area contributed by atoms with E-state index in [-0.39, 0.29) is 0 Å². The van der Waals surface area contributed by atoms with Gasteiger partial charge in [-0.15, -0.1) is 0 Å². The molecule has 0 spiro atoms. The first kappa shape index (κ1) is 11.3. The molecule has 1 saturated heterocycles. The van der Waals surface area contributed by atoms with Crippen LogP contribution in [0.1, 0.15) is 5.56 Å². The van der Waals surface area contributed by atoms with Gasteiger partial charge in [-0.3, -0.25) is 0 Å².